The van der Waals surface area contributed by atoms with E-state index in [0.717, 1.165) is 6.42 Å². The summed E-state index contributed by atoms with van der Waals surface area (Å²) >= 11 is 0. The average molecular weight is 355 g/mol. The minimum Gasteiger partial charge on any atom is -0.379 e. The number of sulfonamides is 1. The first-order valence-corrected chi connectivity index (χ1v) is 9.49. The van der Waals surface area contributed by atoms with Crippen LogP contribution in [0.15, 0.2) is 29.2 Å². The van der Waals surface area contributed by atoms with Crippen LogP contribution in [0.4, 0.5) is 5.69 Å². The maximum atomic E-state index is 12.7. The van der Waals surface area contributed by atoms with Crippen LogP contribution in [0.1, 0.15) is 26.7 Å². The van der Waals surface area contributed by atoms with Crippen LogP contribution in [0.3, 0.4) is 0 Å². The molecule has 1 aliphatic heterocycles. The van der Waals surface area contributed by atoms with E-state index in [1.807, 2.05) is 6.92 Å². The molecule has 0 aromatic heterocycles. The largest absolute Gasteiger partial charge is 0.379 e. The molecule has 0 spiro atoms. The van der Waals surface area contributed by atoms with Gasteiger partial charge in [0.25, 0.3) is 0 Å². The standard InChI is InChI=1S/C16H25N3O4S/c1-3-7-16(2,17)15(20)18-13-5-4-6-14(12-13)24(21,22)19-8-10-23-11-9-19/h4-6,12H,3,7-11,17H2,1-2H3,(H,18,20). The van der Waals surface area contributed by atoms with Gasteiger partial charge < -0.3 is 15.8 Å². The van der Waals surface area contributed by atoms with Gasteiger partial charge in [0, 0.05) is 18.8 Å². The molecule has 1 aromatic rings. The Kier molecular flexibility index (Phi) is 5.97. The first kappa shape index (κ1) is 18.9. The van der Waals surface area contributed by atoms with Crippen molar-refractivity contribution in [2.24, 2.45) is 5.73 Å². The predicted molar refractivity (Wildman–Crippen MR) is 92.1 cm³/mol. The number of nitrogens with two attached hydrogens (primary N) is 1. The van der Waals surface area contributed by atoms with E-state index < -0.39 is 15.6 Å². The van der Waals surface area contributed by atoms with Gasteiger partial charge in [-0.2, -0.15) is 4.31 Å². The summed E-state index contributed by atoms with van der Waals surface area (Å²) < 4.78 is 31.9. The van der Waals surface area contributed by atoms with E-state index in [4.69, 9.17) is 10.5 Å². The van der Waals surface area contributed by atoms with Gasteiger partial charge >= 0.3 is 0 Å². The summed E-state index contributed by atoms with van der Waals surface area (Å²) in [6.45, 7) is 5.05. The number of hydrogen-bond acceptors (Lipinski definition) is 5. The second-order valence-electron chi connectivity index (χ2n) is 6.17. The fourth-order valence-corrected chi connectivity index (χ4v) is 4.03. The molecule has 1 amide bonds. The summed E-state index contributed by atoms with van der Waals surface area (Å²) in [5.74, 6) is -0.328. The first-order valence-electron chi connectivity index (χ1n) is 8.05. The lowest BCUT2D eigenvalue weighted by atomic mass is 9.96. The van der Waals surface area contributed by atoms with Gasteiger partial charge in [0.05, 0.1) is 23.6 Å². The number of morpholine rings is 1. The van der Waals surface area contributed by atoms with Gasteiger partial charge in [-0.25, -0.2) is 8.42 Å². The van der Waals surface area contributed by atoms with Crippen molar-refractivity contribution in [2.75, 3.05) is 31.6 Å². The summed E-state index contributed by atoms with van der Waals surface area (Å²) in [6.07, 6.45) is 1.33. The van der Waals surface area contributed by atoms with Crippen LogP contribution in [-0.4, -0.2) is 50.5 Å². The number of ether oxygens (including phenoxy) is 1. The molecule has 0 saturated carbocycles. The molecular formula is C16H25N3O4S. The lowest BCUT2D eigenvalue weighted by Crippen LogP contribution is -2.48. The molecule has 7 nitrogen and oxygen atoms in total. The highest BCUT2D eigenvalue weighted by Crippen LogP contribution is 2.21. The Bertz CT molecular complexity index is 682. The molecule has 8 heteroatoms. The van der Waals surface area contributed by atoms with Crippen molar-refractivity contribution in [1.82, 2.24) is 4.31 Å². The molecule has 0 bridgehead atoms. The number of rotatable bonds is 6. The summed E-state index contributed by atoms with van der Waals surface area (Å²) in [7, 11) is -3.60. The maximum absolute atomic E-state index is 12.7. The molecule has 1 fully saturated rings. The molecule has 24 heavy (non-hydrogen) atoms. The number of amides is 1. The Morgan fingerprint density at radius 1 is 1.38 bits per heavy atom. The molecule has 1 saturated heterocycles. The highest BCUT2D eigenvalue weighted by Gasteiger charge is 2.29. The van der Waals surface area contributed by atoms with Crippen molar-refractivity contribution < 1.29 is 17.9 Å². The summed E-state index contributed by atoms with van der Waals surface area (Å²) in [5, 5.41) is 2.71. The Morgan fingerprint density at radius 3 is 2.67 bits per heavy atom. The quantitative estimate of drug-likeness (QED) is 0.797. The van der Waals surface area contributed by atoms with Gasteiger partial charge in [-0.05, 0) is 31.5 Å². The van der Waals surface area contributed by atoms with Crippen molar-refractivity contribution in [3.8, 4) is 0 Å². The SMILES string of the molecule is CCCC(C)(N)C(=O)Nc1cccc(S(=O)(=O)N2CCOCC2)c1. The third-order valence-corrected chi connectivity index (χ3v) is 5.88. The molecule has 0 radical (unpaired) electrons. The number of carbonyl (C=O) groups is 1. The Labute approximate surface area is 143 Å². The second-order valence-corrected chi connectivity index (χ2v) is 8.10. The van der Waals surface area contributed by atoms with E-state index in [0.29, 0.717) is 38.4 Å². The van der Waals surface area contributed by atoms with Gasteiger partial charge in [-0.3, -0.25) is 4.79 Å². The highest BCUT2D eigenvalue weighted by molar-refractivity contribution is 7.89. The Balaban J connectivity index is 2.18. The highest BCUT2D eigenvalue weighted by atomic mass is 32.2. The molecule has 0 aliphatic carbocycles. The van der Waals surface area contributed by atoms with E-state index in [2.05, 4.69) is 5.32 Å². The molecular weight excluding hydrogens is 330 g/mol. The van der Waals surface area contributed by atoms with Gasteiger partial charge in [-0.1, -0.05) is 19.4 Å². The lowest BCUT2D eigenvalue weighted by Gasteiger charge is -2.26. The van der Waals surface area contributed by atoms with E-state index in [-0.39, 0.29) is 10.8 Å². The molecule has 1 heterocycles. The third-order valence-electron chi connectivity index (χ3n) is 3.99. The number of nitrogens with zero attached hydrogens (tertiary/aromatic N) is 1. The summed E-state index contributed by atoms with van der Waals surface area (Å²) in [6, 6.07) is 6.24. The molecule has 134 valence electrons. The van der Waals surface area contributed by atoms with E-state index in [1.165, 1.54) is 16.4 Å². The molecule has 1 aromatic carbocycles. The van der Waals surface area contributed by atoms with E-state index in [9.17, 15) is 13.2 Å². The topological polar surface area (TPSA) is 102 Å². The first-order chi connectivity index (χ1) is 11.3. The minimum atomic E-state index is -3.60. The van der Waals surface area contributed by atoms with Gasteiger partial charge in [0.1, 0.15) is 0 Å². The van der Waals surface area contributed by atoms with Gasteiger partial charge in [-0.15, -0.1) is 0 Å². The summed E-state index contributed by atoms with van der Waals surface area (Å²) in [5.41, 5.74) is 5.43. The molecule has 2 rings (SSSR count). The Hall–Kier alpha value is -1.48. The molecule has 1 aliphatic rings. The summed E-state index contributed by atoms with van der Waals surface area (Å²) in [4.78, 5) is 12.4. The zero-order chi connectivity index (χ0) is 17.8. The molecule has 1 atom stereocenters. The van der Waals surface area contributed by atoms with Crippen molar-refractivity contribution in [2.45, 2.75) is 37.1 Å². The smallest absolute Gasteiger partial charge is 0.244 e. The van der Waals surface area contributed by atoms with Gasteiger partial charge in [0.15, 0.2) is 0 Å². The maximum Gasteiger partial charge on any atom is 0.244 e. The van der Waals surface area contributed by atoms with Crippen LogP contribution in [-0.2, 0) is 19.6 Å². The van der Waals surface area contributed by atoms with Crippen LogP contribution in [0.5, 0.6) is 0 Å². The monoisotopic (exact) mass is 355 g/mol. The van der Waals surface area contributed by atoms with Crippen molar-refractivity contribution >= 4 is 21.6 Å². The van der Waals surface area contributed by atoms with Crippen molar-refractivity contribution in [3.63, 3.8) is 0 Å². The molecule has 1 unspecified atom stereocenters. The van der Waals surface area contributed by atoms with Gasteiger partial charge in [0.2, 0.25) is 15.9 Å². The number of carbonyl (C=O) groups excluding carboxylic acids is 1. The number of hydrogen-bond donors (Lipinski definition) is 2. The van der Waals surface area contributed by atoms with Crippen LogP contribution in [0, 0.1) is 0 Å². The van der Waals surface area contributed by atoms with Crippen LogP contribution < -0.4 is 11.1 Å². The third kappa shape index (κ3) is 4.32. The second kappa shape index (κ2) is 7.60. The van der Waals surface area contributed by atoms with Crippen molar-refractivity contribution in [3.05, 3.63) is 24.3 Å². The lowest BCUT2D eigenvalue weighted by molar-refractivity contribution is -0.120. The number of nitrogens with one attached hydrogen (secondary N) is 1. The predicted octanol–water partition coefficient (Wildman–Crippen LogP) is 1.16. The van der Waals surface area contributed by atoms with E-state index >= 15 is 0 Å². The normalized spacial score (nSPS) is 18.8. The fraction of sp³-hybridized carbons (Fsp3) is 0.562. The van der Waals surface area contributed by atoms with Crippen molar-refractivity contribution in [1.29, 1.82) is 0 Å². The van der Waals surface area contributed by atoms with Crippen LogP contribution in [0.25, 0.3) is 0 Å². The zero-order valence-electron chi connectivity index (χ0n) is 14.1. The number of anilines is 1. The molecule has 3 N–H and O–H groups in total. The minimum absolute atomic E-state index is 0.149. The number of benzene rings is 1. The van der Waals surface area contributed by atoms with E-state index in [1.54, 1.807) is 19.1 Å². The van der Waals surface area contributed by atoms with Crippen LogP contribution >= 0.6 is 0 Å². The average Bonchev–Trinajstić information content (AvgIpc) is 2.56. The zero-order valence-corrected chi connectivity index (χ0v) is 14.9. The van der Waals surface area contributed by atoms with Crippen LogP contribution in [0.2, 0.25) is 0 Å². The fourth-order valence-electron chi connectivity index (χ4n) is 2.58. The Morgan fingerprint density at radius 2 is 2.04 bits per heavy atom.